The number of rotatable bonds is 12. The molecule has 0 saturated heterocycles. The maximum absolute atomic E-state index is 13.5. The van der Waals surface area contributed by atoms with Gasteiger partial charge in [0, 0.05) is 34.8 Å². The van der Waals surface area contributed by atoms with Crippen LogP contribution in [-0.2, 0) is 29.1 Å². The summed E-state index contributed by atoms with van der Waals surface area (Å²) >= 11 is 0. The Bertz CT molecular complexity index is 1170. The fourth-order valence-electron chi connectivity index (χ4n) is 7.96. The summed E-state index contributed by atoms with van der Waals surface area (Å²) in [6, 6.07) is -2.80. The van der Waals surface area contributed by atoms with Crippen molar-refractivity contribution in [3.63, 3.8) is 0 Å². The van der Waals surface area contributed by atoms with Crippen molar-refractivity contribution < 1.29 is 47.7 Å². The summed E-state index contributed by atoms with van der Waals surface area (Å²) in [6.45, 7) is -0.120. The van der Waals surface area contributed by atoms with E-state index < -0.39 is 83.8 Å². The molecule has 0 heterocycles. The van der Waals surface area contributed by atoms with Gasteiger partial charge >= 0.3 is 11.9 Å². The molecular formula is C28H44N4O12S. The van der Waals surface area contributed by atoms with Crippen molar-refractivity contribution in [3.05, 3.63) is 20.2 Å². The molecule has 254 valence electrons. The summed E-state index contributed by atoms with van der Waals surface area (Å²) in [6.07, 6.45) is 5.03. The van der Waals surface area contributed by atoms with Gasteiger partial charge in [0.1, 0.15) is 5.92 Å². The molecule has 0 aromatic heterocycles. The summed E-state index contributed by atoms with van der Waals surface area (Å²) in [5, 5.41) is 43.8. The molecule has 0 bridgehead atoms. The largest absolute Gasteiger partial charge is 0.481 e. The highest BCUT2D eigenvalue weighted by Crippen LogP contribution is 2.36. The van der Waals surface area contributed by atoms with Crippen molar-refractivity contribution in [1.82, 2.24) is 10.8 Å². The second-order valence-electron chi connectivity index (χ2n) is 13.1. The molecule has 16 nitrogen and oxygen atoms in total. The van der Waals surface area contributed by atoms with Crippen molar-refractivity contribution in [2.45, 2.75) is 125 Å². The van der Waals surface area contributed by atoms with Crippen molar-refractivity contribution in [1.29, 1.82) is 0 Å². The first kappa shape index (κ1) is 34.9. The number of carbonyl (C=O) groups is 3. The lowest BCUT2D eigenvalue weighted by Gasteiger charge is -2.36. The number of amides is 1. The third-order valence-electron chi connectivity index (χ3n) is 10.5. The van der Waals surface area contributed by atoms with E-state index in [0.717, 1.165) is 0 Å². The highest BCUT2D eigenvalue weighted by molar-refractivity contribution is 7.92. The fraction of sp³-hybridized carbons (Fsp3) is 0.893. The number of nitrogens with one attached hydrogen (secondary N) is 2. The van der Waals surface area contributed by atoms with E-state index >= 15 is 0 Å². The molecule has 4 rings (SSSR count). The monoisotopic (exact) mass is 660 g/mol. The number of aliphatic carboxylic acids is 2. The lowest BCUT2D eigenvalue weighted by Crippen LogP contribution is -2.52. The molecular weight excluding hydrogens is 616 g/mol. The number of hydrogen-bond donors (Lipinski definition) is 4. The van der Waals surface area contributed by atoms with Gasteiger partial charge in [-0.05, 0) is 77.0 Å². The van der Waals surface area contributed by atoms with Gasteiger partial charge in [0.05, 0.1) is 34.9 Å². The minimum absolute atomic E-state index is 0.120. The molecule has 6 atom stereocenters. The quantitative estimate of drug-likeness (QED) is 0.173. The van der Waals surface area contributed by atoms with Crippen molar-refractivity contribution in [3.8, 4) is 0 Å². The number of carbonyl (C=O) groups excluding carboxylic acids is 1. The summed E-state index contributed by atoms with van der Waals surface area (Å²) in [7, 11) is -3.48. The number of sulfone groups is 1. The predicted octanol–water partition coefficient (Wildman–Crippen LogP) is 1.95. The third kappa shape index (κ3) is 8.27. The Morgan fingerprint density at radius 3 is 1.71 bits per heavy atom. The van der Waals surface area contributed by atoms with Crippen LogP contribution in [0.2, 0.25) is 0 Å². The first-order valence-corrected chi connectivity index (χ1v) is 17.5. The average molecular weight is 661 g/mol. The number of nitrogens with zero attached hydrogens (tertiary/aromatic N) is 2. The minimum Gasteiger partial charge on any atom is -0.481 e. The Labute approximate surface area is 261 Å². The standard InChI is InChI=1S/C28H44N4O12S/c33-26(25-21(28(36)37)4-2-6-24(25)32(40)41)29-16-7-11-18(12-8-16)45(42,43)19-13-9-17(10-14-19)30-44-15-22-20(27(34)35)3-1-5-23(22)31(38)39/h16-25,30H,1-15H2,(H,29,33)(H,34,35)(H,36,37). The molecule has 4 aliphatic rings. The van der Waals surface area contributed by atoms with Crippen molar-refractivity contribution in [2.24, 2.45) is 23.7 Å². The van der Waals surface area contributed by atoms with E-state index in [2.05, 4.69) is 10.8 Å². The van der Waals surface area contributed by atoms with Crippen LogP contribution in [0.3, 0.4) is 0 Å². The highest BCUT2D eigenvalue weighted by Gasteiger charge is 2.49. The van der Waals surface area contributed by atoms with Crippen LogP contribution in [0.1, 0.15) is 89.9 Å². The number of nitro groups is 2. The van der Waals surface area contributed by atoms with Gasteiger partial charge in [0.25, 0.3) is 0 Å². The second kappa shape index (κ2) is 15.1. The molecule has 0 aromatic rings. The van der Waals surface area contributed by atoms with Crippen molar-refractivity contribution in [2.75, 3.05) is 6.61 Å². The van der Waals surface area contributed by atoms with Crippen LogP contribution in [0.15, 0.2) is 0 Å². The Hall–Kier alpha value is -2.92. The second-order valence-corrected chi connectivity index (χ2v) is 15.6. The summed E-state index contributed by atoms with van der Waals surface area (Å²) in [5.41, 5.74) is 2.88. The average Bonchev–Trinajstić information content (AvgIpc) is 3.00. The first-order valence-electron chi connectivity index (χ1n) is 15.9. The molecule has 0 aliphatic heterocycles. The number of carboxylic acid groups (broad SMARTS) is 2. The molecule has 0 radical (unpaired) electrons. The van der Waals surface area contributed by atoms with Crippen LogP contribution >= 0.6 is 0 Å². The van der Waals surface area contributed by atoms with Crippen LogP contribution in [0, 0.1) is 43.9 Å². The molecule has 45 heavy (non-hydrogen) atoms. The Morgan fingerprint density at radius 1 is 0.711 bits per heavy atom. The molecule has 1 amide bonds. The molecule has 4 fully saturated rings. The number of carboxylic acids is 2. The van der Waals surface area contributed by atoms with E-state index in [1.54, 1.807) is 0 Å². The molecule has 4 saturated carbocycles. The van der Waals surface area contributed by atoms with Gasteiger partial charge in [-0.15, -0.1) is 0 Å². The van der Waals surface area contributed by atoms with Gasteiger partial charge < -0.3 is 20.4 Å². The first-order chi connectivity index (χ1) is 21.3. The van der Waals surface area contributed by atoms with E-state index in [9.17, 15) is 53.2 Å². The van der Waals surface area contributed by atoms with E-state index in [-0.39, 0.29) is 31.5 Å². The Kier molecular flexibility index (Phi) is 11.7. The predicted molar refractivity (Wildman–Crippen MR) is 157 cm³/mol. The zero-order valence-corrected chi connectivity index (χ0v) is 26.0. The van der Waals surface area contributed by atoms with Gasteiger partial charge in [-0.25, -0.2) is 8.42 Å². The smallest absolute Gasteiger partial charge is 0.307 e. The van der Waals surface area contributed by atoms with Crippen LogP contribution < -0.4 is 10.8 Å². The Morgan fingerprint density at radius 2 is 1.20 bits per heavy atom. The summed E-state index contributed by atoms with van der Waals surface area (Å²) < 4.78 is 27.0. The maximum Gasteiger partial charge on any atom is 0.307 e. The molecule has 0 aromatic carbocycles. The molecule has 4 N–H and O–H groups in total. The van der Waals surface area contributed by atoms with Crippen molar-refractivity contribution >= 4 is 27.7 Å². The van der Waals surface area contributed by atoms with Gasteiger partial charge in [-0.2, -0.15) is 5.48 Å². The lowest BCUT2D eigenvalue weighted by atomic mass is 9.75. The summed E-state index contributed by atoms with van der Waals surface area (Å²) in [5.74, 6) is -6.97. The maximum atomic E-state index is 13.5. The number of hydrogen-bond acceptors (Lipinski definition) is 11. The lowest BCUT2D eigenvalue weighted by molar-refractivity contribution is -0.538. The van der Waals surface area contributed by atoms with Crippen LogP contribution in [0.25, 0.3) is 0 Å². The Balaban J connectivity index is 1.23. The van der Waals surface area contributed by atoms with Crippen LogP contribution in [0.4, 0.5) is 0 Å². The highest BCUT2D eigenvalue weighted by atomic mass is 32.2. The molecule has 0 spiro atoms. The zero-order valence-electron chi connectivity index (χ0n) is 25.2. The topological polar surface area (TPSA) is 245 Å². The van der Waals surface area contributed by atoms with Gasteiger partial charge in [-0.3, -0.25) is 34.6 Å². The number of hydroxylamine groups is 1. The SMILES string of the molecule is O=C(O)C1CCCC([N+](=O)[O-])C1CONC1CCC(S(=O)(=O)C2CCC(NC(=O)C3C(C(=O)O)CCCC3[N+](=O)[O-])CC2)CC1. The summed E-state index contributed by atoms with van der Waals surface area (Å²) in [4.78, 5) is 64.0. The minimum atomic E-state index is -3.48. The van der Waals surface area contributed by atoms with E-state index in [1.807, 2.05) is 0 Å². The van der Waals surface area contributed by atoms with E-state index in [1.165, 1.54) is 0 Å². The van der Waals surface area contributed by atoms with Crippen LogP contribution in [0.5, 0.6) is 0 Å². The van der Waals surface area contributed by atoms with Gasteiger partial charge in [-0.1, -0.05) is 0 Å². The van der Waals surface area contributed by atoms with Gasteiger partial charge in [0.15, 0.2) is 9.84 Å². The molecule has 17 heteroatoms. The third-order valence-corrected chi connectivity index (χ3v) is 13.3. The molecule has 6 unspecified atom stereocenters. The normalized spacial score (nSPS) is 36.0. The van der Waals surface area contributed by atoms with Gasteiger partial charge in [0.2, 0.25) is 18.0 Å². The fourth-order valence-corrected chi connectivity index (χ4v) is 10.4. The zero-order chi connectivity index (χ0) is 32.9. The van der Waals surface area contributed by atoms with E-state index in [0.29, 0.717) is 77.0 Å². The van der Waals surface area contributed by atoms with Crippen LogP contribution in [-0.4, -0.2) is 87.6 Å². The van der Waals surface area contributed by atoms with E-state index in [4.69, 9.17) is 4.84 Å². The molecule has 4 aliphatic carbocycles.